The first kappa shape index (κ1) is 48.7. The van der Waals surface area contributed by atoms with Crippen LogP contribution in [0.3, 0.4) is 0 Å². The molecule has 1 fully saturated rings. The Morgan fingerprint density at radius 1 is 0.731 bits per heavy atom. The van der Waals surface area contributed by atoms with Gasteiger partial charge in [0.25, 0.3) is 0 Å². The topological polar surface area (TPSA) is 180 Å². The van der Waals surface area contributed by atoms with Gasteiger partial charge >= 0.3 is 19.8 Å². The molecule has 0 aromatic carbocycles. The molecule has 0 spiro atoms. The molecule has 306 valence electrons. The molecule has 1 rings (SSSR count). The lowest BCUT2D eigenvalue weighted by atomic mass is 9.88. The van der Waals surface area contributed by atoms with E-state index in [0.29, 0.717) is 25.7 Å². The molecule has 12 heteroatoms. The van der Waals surface area contributed by atoms with Crippen LogP contribution in [0.1, 0.15) is 175 Å². The van der Waals surface area contributed by atoms with Gasteiger partial charge in [0, 0.05) is 25.2 Å². The van der Waals surface area contributed by atoms with Crippen molar-refractivity contribution in [1.29, 1.82) is 0 Å². The van der Waals surface area contributed by atoms with Crippen LogP contribution in [-0.4, -0.2) is 74.7 Å². The summed E-state index contributed by atoms with van der Waals surface area (Å²) < 4.78 is 26.4. The Morgan fingerprint density at radius 3 is 1.85 bits per heavy atom. The van der Waals surface area contributed by atoms with Crippen LogP contribution in [-0.2, 0) is 28.2 Å². The molecule has 52 heavy (non-hydrogen) atoms. The number of carbonyl (C=O) groups excluding carboxylic acids is 2. The van der Waals surface area contributed by atoms with Gasteiger partial charge in [0.15, 0.2) is 6.10 Å². The van der Waals surface area contributed by atoms with Crippen LogP contribution in [0.15, 0.2) is 12.2 Å². The molecule has 0 radical (unpaired) electrons. The highest BCUT2D eigenvalue weighted by molar-refractivity contribution is 7.46. The SMILES string of the molecule is CCCCC[C@H](O)/C=C/[C@@H]1[C@@H](CCCCCCC(=O)OC[C@H](COP(=O)(O)O)OC(=O)CCCCCCCCCCCCCC(C)C)[C@@H](O)C[C@H]1O. The van der Waals surface area contributed by atoms with E-state index in [4.69, 9.17) is 19.3 Å². The van der Waals surface area contributed by atoms with Crippen LogP contribution in [0, 0.1) is 17.8 Å². The third-order valence-electron chi connectivity index (χ3n) is 10.1. The van der Waals surface area contributed by atoms with E-state index in [-0.39, 0.29) is 31.3 Å². The van der Waals surface area contributed by atoms with Crippen LogP contribution in [0.4, 0.5) is 0 Å². The van der Waals surface area contributed by atoms with E-state index >= 15 is 0 Å². The molecule has 0 unspecified atom stereocenters. The molecule has 6 atom stereocenters. The number of phosphoric ester groups is 1. The average Bonchev–Trinajstić information content (AvgIpc) is 3.35. The normalized spacial score (nSPS) is 20.5. The molecule has 0 aromatic heterocycles. The molecule has 0 heterocycles. The van der Waals surface area contributed by atoms with Crippen molar-refractivity contribution in [2.24, 2.45) is 17.8 Å². The molecule has 0 amide bonds. The molecule has 0 aromatic rings. The fourth-order valence-corrected chi connectivity index (χ4v) is 7.31. The summed E-state index contributed by atoms with van der Waals surface area (Å²) in [6.07, 6.45) is 22.9. The van der Waals surface area contributed by atoms with Gasteiger partial charge in [-0.05, 0) is 37.5 Å². The first-order chi connectivity index (χ1) is 24.8. The van der Waals surface area contributed by atoms with Gasteiger partial charge in [0.2, 0.25) is 0 Å². The minimum absolute atomic E-state index is 0.0806. The summed E-state index contributed by atoms with van der Waals surface area (Å²) in [5, 5.41) is 31.2. The van der Waals surface area contributed by atoms with Crippen LogP contribution in [0.2, 0.25) is 0 Å². The number of phosphoric acid groups is 1. The predicted molar refractivity (Wildman–Crippen MR) is 204 cm³/mol. The molecule has 0 aliphatic heterocycles. The third kappa shape index (κ3) is 26.4. The first-order valence-corrected chi connectivity index (χ1v) is 22.1. The minimum atomic E-state index is -4.80. The van der Waals surface area contributed by atoms with E-state index in [9.17, 15) is 29.5 Å². The Balaban J connectivity index is 2.27. The van der Waals surface area contributed by atoms with Crippen LogP contribution >= 0.6 is 7.82 Å². The summed E-state index contributed by atoms with van der Waals surface area (Å²) in [5.41, 5.74) is 0. The Kier molecular flexibility index (Phi) is 28.0. The lowest BCUT2D eigenvalue weighted by Crippen LogP contribution is -2.29. The highest BCUT2D eigenvalue weighted by Gasteiger charge is 2.39. The summed E-state index contributed by atoms with van der Waals surface area (Å²) in [6.45, 7) is 5.72. The van der Waals surface area contributed by atoms with Crippen molar-refractivity contribution in [1.82, 2.24) is 0 Å². The molecule has 5 N–H and O–H groups in total. The second-order valence-corrected chi connectivity index (χ2v) is 16.7. The second kappa shape index (κ2) is 30.0. The molecule has 11 nitrogen and oxygen atoms in total. The Bertz CT molecular complexity index is 985. The molecular weight excluding hydrogens is 687 g/mol. The highest BCUT2D eigenvalue weighted by Crippen LogP contribution is 2.38. The van der Waals surface area contributed by atoms with Crippen LogP contribution in [0.5, 0.6) is 0 Å². The monoisotopic (exact) mass is 763 g/mol. The second-order valence-electron chi connectivity index (χ2n) is 15.4. The van der Waals surface area contributed by atoms with Crippen LogP contribution in [0.25, 0.3) is 0 Å². The molecular formula is C40H75O11P. The van der Waals surface area contributed by atoms with Crippen molar-refractivity contribution in [3.63, 3.8) is 0 Å². The first-order valence-electron chi connectivity index (χ1n) is 20.6. The Labute approximate surface area is 314 Å². The van der Waals surface area contributed by atoms with E-state index in [1.165, 1.54) is 51.4 Å². The fourth-order valence-electron chi connectivity index (χ4n) is 6.95. The zero-order valence-electron chi connectivity index (χ0n) is 32.7. The van der Waals surface area contributed by atoms with Gasteiger partial charge in [-0.15, -0.1) is 0 Å². The molecule has 1 aliphatic carbocycles. The number of aliphatic hydroxyl groups is 3. The van der Waals surface area contributed by atoms with Crippen molar-refractivity contribution < 1.29 is 53.3 Å². The number of carbonyl (C=O) groups is 2. The van der Waals surface area contributed by atoms with Crippen molar-refractivity contribution in [3.05, 3.63) is 12.2 Å². The predicted octanol–water partition coefficient (Wildman–Crippen LogP) is 8.47. The number of hydrogen-bond acceptors (Lipinski definition) is 9. The summed E-state index contributed by atoms with van der Waals surface area (Å²) in [7, 11) is -4.80. The van der Waals surface area contributed by atoms with Gasteiger partial charge in [-0.2, -0.15) is 0 Å². The van der Waals surface area contributed by atoms with Gasteiger partial charge in [-0.3, -0.25) is 14.1 Å². The third-order valence-corrected chi connectivity index (χ3v) is 10.5. The maximum atomic E-state index is 12.4. The zero-order valence-corrected chi connectivity index (χ0v) is 33.6. The molecule has 0 saturated heterocycles. The smallest absolute Gasteiger partial charge is 0.462 e. The number of aliphatic hydroxyl groups excluding tert-OH is 3. The number of esters is 2. The minimum Gasteiger partial charge on any atom is -0.462 e. The fraction of sp³-hybridized carbons (Fsp3) is 0.900. The maximum absolute atomic E-state index is 12.4. The quantitative estimate of drug-likeness (QED) is 0.0187. The van der Waals surface area contributed by atoms with E-state index in [2.05, 4.69) is 25.3 Å². The van der Waals surface area contributed by atoms with Crippen molar-refractivity contribution in [2.75, 3.05) is 13.2 Å². The average molecular weight is 763 g/mol. The molecule has 0 bridgehead atoms. The van der Waals surface area contributed by atoms with Gasteiger partial charge in [0.1, 0.15) is 6.61 Å². The summed E-state index contributed by atoms with van der Waals surface area (Å²) >= 11 is 0. The van der Waals surface area contributed by atoms with Gasteiger partial charge in [-0.25, -0.2) is 4.57 Å². The number of ether oxygens (including phenoxy) is 2. The van der Waals surface area contributed by atoms with Gasteiger partial charge in [0.05, 0.1) is 24.9 Å². The summed E-state index contributed by atoms with van der Waals surface area (Å²) in [5.74, 6) is -0.501. The lowest BCUT2D eigenvalue weighted by molar-refractivity contribution is -0.161. The van der Waals surface area contributed by atoms with Crippen LogP contribution < -0.4 is 0 Å². The highest BCUT2D eigenvalue weighted by atomic mass is 31.2. The zero-order chi connectivity index (χ0) is 38.6. The van der Waals surface area contributed by atoms with Gasteiger partial charge in [-0.1, -0.05) is 142 Å². The molecule has 1 aliphatic rings. The standard InChI is InChI=1S/C40H75O11P/c1-4-5-17-23-33(41)27-28-36-35(37(42)29-38(36)43)24-19-15-16-20-25-39(44)49-30-34(31-50-52(46,47)48)51-40(45)26-21-14-12-10-8-6-7-9-11-13-18-22-32(2)3/h27-28,32-38,41-43H,4-26,29-31H2,1-3H3,(H2,46,47,48)/b28-27+/t33-,34+,35+,36+,37-,38+/m0/s1. The number of rotatable bonds is 33. The summed E-state index contributed by atoms with van der Waals surface area (Å²) in [6, 6.07) is 0. The largest absolute Gasteiger partial charge is 0.469 e. The van der Waals surface area contributed by atoms with E-state index in [1.807, 2.05) is 6.08 Å². The van der Waals surface area contributed by atoms with E-state index < -0.39 is 50.8 Å². The van der Waals surface area contributed by atoms with E-state index in [1.54, 1.807) is 6.08 Å². The lowest BCUT2D eigenvalue weighted by Gasteiger charge is -2.21. The Morgan fingerprint density at radius 2 is 1.27 bits per heavy atom. The Hall–Kier alpha value is -1.33. The summed E-state index contributed by atoms with van der Waals surface area (Å²) in [4.78, 5) is 43.0. The van der Waals surface area contributed by atoms with Crippen molar-refractivity contribution in [3.8, 4) is 0 Å². The van der Waals surface area contributed by atoms with E-state index in [0.717, 1.165) is 70.1 Å². The molecule has 1 saturated carbocycles. The van der Waals surface area contributed by atoms with Crippen molar-refractivity contribution >= 4 is 19.8 Å². The number of hydrogen-bond donors (Lipinski definition) is 5. The number of unbranched alkanes of at least 4 members (excludes halogenated alkanes) is 15. The van der Waals surface area contributed by atoms with Crippen molar-refractivity contribution in [2.45, 2.75) is 199 Å². The maximum Gasteiger partial charge on any atom is 0.469 e. The van der Waals surface area contributed by atoms with Gasteiger partial charge < -0.3 is 34.6 Å².